The zero-order chi connectivity index (χ0) is 10.7. The lowest BCUT2D eigenvalue weighted by Crippen LogP contribution is -2.13. The third-order valence-corrected chi connectivity index (χ3v) is 2.39. The summed E-state index contributed by atoms with van der Waals surface area (Å²) in [7, 11) is 0. The summed E-state index contributed by atoms with van der Waals surface area (Å²) in [6, 6.07) is 1.63. The van der Waals surface area contributed by atoms with Crippen molar-refractivity contribution in [3.63, 3.8) is 0 Å². The van der Waals surface area contributed by atoms with Crippen molar-refractivity contribution in [2.24, 2.45) is 0 Å². The number of rotatable bonds is 2. The molecule has 0 aromatic carbocycles. The van der Waals surface area contributed by atoms with E-state index in [0.29, 0.717) is 13.2 Å². The highest BCUT2D eigenvalue weighted by atomic mass is 16.5. The Hall–Kier alpha value is -1.56. The minimum atomic E-state index is -1.14. The molecule has 1 amide bonds. The monoisotopic (exact) mass is 212 g/mol. The molecule has 2 rings (SSSR count). The first-order valence-electron chi connectivity index (χ1n) is 4.80. The smallest absolute Gasteiger partial charge is 0.410 e. The molecule has 0 bridgehead atoms. The van der Waals surface area contributed by atoms with Gasteiger partial charge in [-0.15, -0.1) is 0 Å². The van der Waals surface area contributed by atoms with Gasteiger partial charge in [0.2, 0.25) is 0 Å². The first-order valence-corrected chi connectivity index (χ1v) is 4.80. The number of carboxylic acid groups (broad SMARTS) is 1. The molecule has 0 aliphatic carbocycles. The molecule has 2 N–H and O–H groups in total. The van der Waals surface area contributed by atoms with Crippen LogP contribution in [0.2, 0.25) is 0 Å². The average molecular weight is 212 g/mol. The first kappa shape index (κ1) is 9.97. The summed E-state index contributed by atoms with van der Waals surface area (Å²) >= 11 is 0. The van der Waals surface area contributed by atoms with Crippen LogP contribution in [-0.4, -0.2) is 29.6 Å². The Kier molecular flexibility index (Phi) is 2.86. The number of anilines is 1. The van der Waals surface area contributed by atoms with E-state index in [1.807, 2.05) is 0 Å². The number of aromatic nitrogens is 1. The molecule has 82 valence electrons. The van der Waals surface area contributed by atoms with Crippen molar-refractivity contribution in [3.05, 3.63) is 11.8 Å². The zero-order valence-electron chi connectivity index (χ0n) is 8.10. The van der Waals surface area contributed by atoms with Crippen LogP contribution in [0.4, 0.5) is 10.6 Å². The van der Waals surface area contributed by atoms with E-state index < -0.39 is 6.09 Å². The number of amides is 1. The molecular formula is C9H12N2O4. The van der Waals surface area contributed by atoms with Gasteiger partial charge in [0.15, 0.2) is 5.82 Å². The van der Waals surface area contributed by atoms with E-state index in [0.717, 1.165) is 18.6 Å². The number of carbonyl (C=O) groups is 1. The maximum atomic E-state index is 10.3. The second kappa shape index (κ2) is 4.31. The minimum Gasteiger partial charge on any atom is -0.465 e. The standard InChI is InChI=1S/C9H12N2O4/c12-9(13)10-8-5-7(15-11-8)6-1-3-14-4-2-6/h5-6H,1-4H2,(H,10,11)(H,12,13). The molecule has 15 heavy (non-hydrogen) atoms. The van der Waals surface area contributed by atoms with E-state index in [2.05, 4.69) is 10.5 Å². The first-order chi connectivity index (χ1) is 7.25. The number of hydrogen-bond acceptors (Lipinski definition) is 4. The molecule has 1 fully saturated rings. The van der Waals surface area contributed by atoms with Crippen LogP contribution in [0, 0.1) is 0 Å². The van der Waals surface area contributed by atoms with Crippen molar-refractivity contribution in [3.8, 4) is 0 Å². The second-order valence-corrected chi connectivity index (χ2v) is 3.43. The Morgan fingerprint density at radius 1 is 1.53 bits per heavy atom. The highest BCUT2D eigenvalue weighted by molar-refractivity contribution is 5.81. The topological polar surface area (TPSA) is 84.6 Å². The fraction of sp³-hybridized carbons (Fsp3) is 0.556. The Balaban J connectivity index is 2.02. The van der Waals surface area contributed by atoms with Gasteiger partial charge in [-0.2, -0.15) is 0 Å². The summed E-state index contributed by atoms with van der Waals surface area (Å²) in [6.45, 7) is 1.43. The molecule has 1 aromatic rings. The van der Waals surface area contributed by atoms with E-state index >= 15 is 0 Å². The molecule has 1 aromatic heterocycles. The van der Waals surface area contributed by atoms with Gasteiger partial charge in [0, 0.05) is 25.2 Å². The Labute approximate surface area is 86.2 Å². The summed E-state index contributed by atoms with van der Waals surface area (Å²) in [5.74, 6) is 1.25. The lowest BCUT2D eigenvalue weighted by atomic mass is 9.98. The van der Waals surface area contributed by atoms with Gasteiger partial charge in [0.25, 0.3) is 0 Å². The van der Waals surface area contributed by atoms with Crippen LogP contribution in [0.5, 0.6) is 0 Å². The summed E-state index contributed by atoms with van der Waals surface area (Å²) in [4.78, 5) is 10.3. The van der Waals surface area contributed by atoms with Crippen LogP contribution in [0.25, 0.3) is 0 Å². The molecule has 0 radical (unpaired) electrons. The minimum absolute atomic E-state index is 0.240. The SMILES string of the molecule is O=C(O)Nc1cc(C2CCOCC2)on1. The highest BCUT2D eigenvalue weighted by Gasteiger charge is 2.20. The van der Waals surface area contributed by atoms with E-state index in [1.54, 1.807) is 6.07 Å². The van der Waals surface area contributed by atoms with Crippen LogP contribution in [0.1, 0.15) is 24.5 Å². The summed E-state index contributed by atoms with van der Waals surface area (Å²) in [5, 5.41) is 14.2. The molecule has 1 saturated heterocycles. The van der Waals surface area contributed by atoms with Crippen LogP contribution in [-0.2, 0) is 4.74 Å². The lowest BCUT2D eigenvalue weighted by molar-refractivity contribution is 0.0791. The normalized spacial score (nSPS) is 17.6. The van der Waals surface area contributed by atoms with Crippen molar-refractivity contribution in [2.45, 2.75) is 18.8 Å². The quantitative estimate of drug-likeness (QED) is 0.778. The van der Waals surface area contributed by atoms with Crippen LogP contribution >= 0.6 is 0 Å². The van der Waals surface area contributed by atoms with Gasteiger partial charge in [-0.25, -0.2) is 4.79 Å². The Morgan fingerprint density at radius 3 is 2.93 bits per heavy atom. The molecule has 1 aliphatic rings. The van der Waals surface area contributed by atoms with Gasteiger partial charge in [0.05, 0.1) is 0 Å². The molecule has 0 atom stereocenters. The molecular weight excluding hydrogens is 200 g/mol. The number of nitrogens with zero attached hydrogens (tertiary/aromatic N) is 1. The van der Waals surface area contributed by atoms with Gasteiger partial charge in [-0.1, -0.05) is 5.16 Å². The van der Waals surface area contributed by atoms with Gasteiger partial charge < -0.3 is 14.4 Å². The van der Waals surface area contributed by atoms with Crippen molar-refractivity contribution in [2.75, 3.05) is 18.5 Å². The van der Waals surface area contributed by atoms with Crippen LogP contribution in [0.3, 0.4) is 0 Å². The van der Waals surface area contributed by atoms with Gasteiger partial charge in [-0.3, -0.25) is 5.32 Å². The summed E-state index contributed by atoms with van der Waals surface area (Å²) in [5.41, 5.74) is 0. The maximum Gasteiger partial charge on any atom is 0.410 e. The Morgan fingerprint density at radius 2 is 2.27 bits per heavy atom. The summed E-state index contributed by atoms with van der Waals surface area (Å²) < 4.78 is 10.3. The molecule has 1 aliphatic heterocycles. The van der Waals surface area contributed by atoms with Crippen molar-refractivity contribution in [1.82, 2.24) is 5.16 Å². The van der Waals surface area contributed by atoms with Crippen molar-refractivity contribution in [1.29, 1.82) is 0 Å². The fourth-order valence-electron chi connectivity index (χ4n) is 1.63. The lowest BCUT2D eigenvalue weighted by Gasteiger charge is -2.18. The largest absolute Gasteiger partial charge is 0.465 e. The predicted molar refractivity (Wildman–Crippen MR) is 50.9 cm³/mol. The van der Waals surface area contributed by atoms with Crippen LogP contribution < -0.4 is 5.32 Å². The second-order valence-electron chi connectivity index (χ2n) is 3.43. The molecule has 6 heteroatoms. The molecule has 0 saturated carbocycles. The van der Waals surface area contributed by atoms with Gasteiger partial charge >= 0.3 is 6.09 Å². The number of ether oxygens (including phenoxy) is 1. The highest BCUT2D eigenvalue weighted by Crippen LogP contribution is 2.28. The zero-order valence-corrected chi connectivity index (χ0v) is 8.10. The Bertz CT molecular complexity index is 344. The maximum absolute atomic E-state index is 10.3. The molecule has 0 spiro atoms. The van der Waals surface area contributed by atoms with Crippen molar-refractivity contribution >= 4 is 11.9 Å². The number of nitrogens with one attached hydrogen (secondary N) is 1. The molecule has 0 unspecified atom stereocenters. The van der Waals surface area contributed by atoms with E-state index in [9.17, 15) is 4.79 Å². The third kappa shape index (κ3) is 2.47. The van der Waals surface area contributed by atoms with Crippen LogP contribution in [0.15, 0.2) is 10.6 Å². The predicted octanol–water partition coefficient (Wildman–Crippen LogP) is 1.66. The van der Waals surface area contributed by atoms with E-state index in [4.69, 9.17) is 14.4 Å². The third-order valence-electron chi connectivity index (χ3n) is 2.39. The summed E-state index contributed by atoms with van der Waals surface area (Å²) in [6.07, 6.45) is 0.644. The average Bonchev–Trinajstić information content (AvgIpc) is 2.67. The van der Waals surface area contributed by atoms with E-state index in [1.165, 1.54) is 0 Å². The van der Waals surface area contributed by atoms with Gasteiger partial charge in [0.1, 0.15) is 5.76 Å². The number of hydrogen-bond donors (Lipinski definition) is 2. The van der Waals surface area contributed by atoms with Gasteiger partial charge in [-0.05, 0) is 12.8 Å². The van der Waals surface area contributed by atoms with Crippen molar-refractivity contribution < 1.29 is 19.2 Å². The molecule has 2 heterocycles. The van der Waals surface area contributed by atoms with E-state index in [-0.39, 0.29) is 11.7 Å². The fourth-order valence-corrected chi connectivity index (χ4v) is 1.63. The molecule has 6 nitrogen and oxygen atoms in total.